The Hall–Kier alpha value is 0.708. The fraction of sp³-hybridized carbons (Fsp3) is 0. The van der Waals surface area contributed by atoms with E-state index in [1.165, 1.54) is 0 Å². The van der Waals surface area contributed by atoms with E-state index < -0.39 is 6.16 Å². The first-order chi connectivity index (χ1) is 2.00. The van der Waals surface area contributed by atoms with E-state index in [-0.39, 0.29) is 0 Å². The second kappa shape index (κ2) is 1.44. The van der Waals surface area contributed by atoms with Gasteiger partial charge in [0.2, 0.25) is 0 Å². The average Bonchev–Trinajstić information content (AvgIpc) is 0.722. The molecule has 0 rings (SSSR count). The Kier molecular flexibility index (Phi) is 1.64. The molecule has 0 atom stereocenters. The van der Waals surface area contributed by atoms with Gasteiger partial charge < -0.3 is 0 Å². The molecule has 0 aliphatic heterocycles. The van der Waals surface area contributed by atoms with Crippen molar-refractivity contribution in [3.05, 3.63) is 0 Å². The molecule has 0 heterocycles. The number of hydrogen-bond acceptors (Lipinski definition) is 1. The zero-order valence-electron chi connectivity index (χ0n) is 2.25. The zero-order valence-corrected chi connectivity index (χ0v) is 5.24. The van der Waals surface area contributed by atoms with Crippen molar-refractivity contribution in [3.8, 4) is 0 Å². The third kappa shape index (κ3) is 68.8. The van der Waals surface area contributed by atoms with E-state index in [2.05, 4.69) is 0 Å². The van der Waals surface area contributed by atoms with E-state index in [4.69, 9.17) is 9.79 Å². The molecule has 0 aliphatic carbocycles. The summed E-state index contributed by atoms with van der Waals surface area (Å²) in [6.45, 7) is 0. The van der Waals surface area contributed by atoms with Gasteiger partial charge in [0.25, 0.3) is 0 Å². The van der Waals surface area contributed by atoms with Gasteiger partial charge in [0.1, 0.15) is 0 Å². The quantitative estimate of drug-likeness (QED) is 0.349. The zero-order chi connectivity index (χ0) is 4.50. The molecule has 31 valence electrons. The van der Waals surface area contributed by atoms with E-state index in [1.54, 1.807) is 0 Å². The normalized spacial score (nSPS) is 11.8. The van der Waals surface area contributed by atoms with E-state index in [9.17, 15) is 4.57 Å². The van der Waals surface area contributed by atoms with E-state index in [0.717, 1.165) is 16.4 Å². The summed E-state index contributed by atoms with van der Waals surface area (Å²) in [6.07, 6.45) is -3.64. The summed E-state index contributed by atoms with van der Waals surface area (Å²) in [5.74, 6) is 0. The van der Waals surface area contributed by atoms with Crippen molar-refractivity contribution in [2.45, 2.75) is 0 Å². The summed E-state index contributed by atoms with van der Waals surface area (Å²) >= 11 is 0.854. The first kappa shape index (κ1) is 5.71. The molecule has 0 aliphatic rings. The molecule has 5 heavy (non-hydrogen) atoms. The van der Waals surface area contributed by atoms with Gasteiger partial charge in [0.05, 0.1) is 0 Å². The Morgan fingerprint density at radius 3 is 1.60 bits per heavy atom. The molecule has 0 saturated carbocycles. The first-order valence-electron chi connectivity index (χ1n) is 0.806. The molecule has 0 aromatic carbocycles. The third-order valence-corrected chi connectivity index (χ3v) is 0. The van der Waals surface area contributed by atoms with Gasteiger partial charge in [0, 0.05) is 0 Å². The molecule has 3 nitrogen and oxygen atoms in total. The van der Waals surface area contributed by atoms with Crippen LogP contribution in [0.25, 0.3) is 0 Å². The predicted molar refractivity (Wildman–Crippen MR) is 19.2 cm³/mol. The van der Waals surface area contributed by atoms with E-state index >= 15 is 0 Å². The maximum atomic E-state index is 9.33. The Labute approximate surface area is 37.6 Å². The van der Waals surface area contributed by atoms with Crippen molar-refractivity contribution in [3.63, 3.8) is 0 Å². The molecule has 0 saturated heterocycles. The molecular formula is H3AsO3P. The Bertz CT molecular complexity index is 53.0. The van der Waals surface area contributed by atoms with Crippen LogP contribution in [0.1, 0.15) is 0 Å². The van der Waals surface area contributed by atoms with Crippen LogP contribution in [0.4, 0.5) is 0 Å². The second-order valence-electron chi connectivity index (χ2n) is 0.544. The summed E-state index contributed by atoms with van der Waals surface area (Å²) in [5, 5.41) is 0. The van der Waals surface area contributed by atoms with Crippen molar-refractivity contribution in [1.82, 2.24) is 0 Å². The molecule has 0 bridgehead atoms. The molecule has 2 N–H and O–H groups in total. The van der Waals surface area contributed by atoms with Gasteiger partial charge in [0.15, 0.2) is 0 Å². The SMILES string of the molecule is O=P(O)(O)[AsH]. The summed E-state index contributed by atoms with van der Waals surface area (Å²) in [4.78, 5) is 15.3. The van der Waals surface area contributed by atoms with Crippen molar-refractivity contribution >= 4 is 22.6 Å². The molecule has 0 amide bonds. The molecule has 5 heteroatoms. The van der Waals surface area contributed by atoms with E-state index in [0.29, 0.717) is 0 Å². The standard InChI is InChI=1S/AsH3O3P/c1-5(2,3)4/h1H,(H2,2,3,4). The van der Waals surface area contributed by atoms with Crippen LogP contribution in [0, 0.1) is 0 Å². The minimum atomic E-state index is -3.64. The molecule has 0 spiro atoms. The molecular weight excluding hydrogens is 154 g/mol. The van der Waals surface area contributed by atoms with Crippen molar-refractivity contribution < 1.29 is 14.4 Å². The minimum absolute atomic E-state index is 0.854. The van der Waals surface area contributed by atoms with Crippen molar-refractivity contribution in [1.29, 1.82) is 0 Å². The fourth-order valence-corrected chi connectivity index (χ4v) is 0. The third-order valence-electron chi connectivity index (χ3n) is 0. The van der Waals surface area contributed by atoms with Crippen molar-refractivity contribution in [2.24, 2.45) is 0 Å². The van der Waals surface area contributed by atoms with Crippen LogP contribution in [-0.2, 0) is 4.57 Å². The number of rotatable bonds is 0. The molecule has 0 aromatic rings. The van der Waals surface area contributed by atoms with Gasteiger partial charge >= 0.3 is 36.9 Å². The van der Waals surface area contributed by atoms with E-state index in [1.807, 2.05) is 0 Å². The summed E-state index contributed by atoms with van der Waals surface area (Å²) in [7, 11) is 0. The summed E-state index contributed by atoms with van der Waals surface area (Å²) < 4.78 is 9.33. The van der Waals surface area contributed by atoms with Crippen LogP contribution in [0.3, 0.4) is 0 Å². The Balaban J connectivity index is 3.47. The Morgan fingerprint density at radius 1 is 1.60 bits per heavy atom. The van der Waals surface area contributed by atoms with Crippen LogP contribution in [-0.4, -0.2) is 26.2 Å². The average molecular weight is 157 g/mol. The fourth-order valence-electron chi connectivity index (χ4n) is 0. The summed E-state index contributed by atoms with van der Waals surface area (Å²) in [6, 6.07) is 0. The van der Waals surface area contributed by atoms with Crippen LogP contribution >= 0.6 is 6.16 Å². The topological polar surface area (TPSA) is 57.5 Å². The van der Waals surface area contributed by atoms with Crippen molar-refractivity contribution in [2.75, 3.05) is 0 Å². The summed E-state index contributed by atoms with van der Waals surface area (Å²) in [5.41, 5.74) is 0. The van der Waals surface area contributed by atoms with Crippen LogP contribution < -0.4 is 0 Å². The molecule has 0 unspecified atom stereocenters. The van der Waals surface area contributed by atoms with Gasteiger partial charge in [-0.05, 0) is 0 Å². The van der Waals surface area contributed by atoms with Gasteiger partial charge in [-0.3, -0.25) is 0 Å². The monoisotopic (exact) mass is 157 g/mol. The molecule has 0 fully saturated rings. The van der Waals surface area contributed by atoms with Crippen LogP contribution in [0.5, 0.6) is 0 Å². The first-order valence-corrected chi connectivity index (χ1v) is 5.23. The number of hydrogen-bond donors (Lipinski definition) is 2. The molecule has 0 aromatic heterocycles. The second-order valence-corrected chi connectivity index (χ2v) is 5.30. The van der Waals surface area contributed by atoms with Crippen LogP contribution in [0.15, 0.2) is 0 Å². The van der Waals surface area contributed by atoms with Gasteiger partial charge in [-0.15, -0.1) is 0 Å². The Morgan fingerprint density at radius 2 is 1.60 bits per heavy atom. The maximum absolute atomic E-state index is 9.33. The van der Waals surface area contributed by atoms with Gasteiger partial charge in [-0.2, -0.15) is 0 Å². The molecule has 1 radical (unpaired) electrons. The van der Waals surface area contributed by atoms with Gasteiger partial charge in [-0.1, -0.05) is 0 Å². The van der Waals surface area contributed by atoms with Gasteiger partial charge in [-0.25, -0.2) is 0 Å². The predicted octanol–water partition coefficient (Wildman–Crippen LogP) is -1.02. The van der Waals surface area contributed by atoms with Crippen LogP contribution in [0.2, 0.25) is 0 Å².